The lowest BCUT2D eigenvalue weighted by Gasteiger charge is -2.31. The molecule has 0 amide bonds. The lowest BCUT2D eigenvalue weighted by atomic mass is 9.80. The standard InChI is InChI=1S/C20H25ClN2O5.BrH/c1-4-28-20(25)18-15(11-27-10-9-22)23-12(2)16(19(24)26-3)17(18)13-7-5-6-8-14(13)21;/h5-8,17,23H,4,9-11,22H2,1-3H3;1H. The maximum absolute atomic E-state index is 12.9. The van der Waals surface area contributed by atoms with E-state index in [4.69, 9.17) is 31.5 Å². The maximum atomic E-state index is 12.9. The van der Waals surface area contributed by atoms with Crippen molar-refractivity contribution in [2.75, 3.05) is 33.5 Å². The third kappa shape index (κ3) is 5.82. The molecule has 0 fully saturated rings. The fourth-order valence-corrected chi connectivity index (χ4v) is 3.36. The highest BCUT2D eigenvalue weighted by Gasteiger charge is 2.39. The van der Waals surface area contributed by atoms with Gasteiger partial charge in [-0.3, -0.25) is 0 Å². The first kappa shape index (κ1) is 25.2. The molecule has 160 valence electrons. The summed E-state index contributed by atoms with van der Waals surface area (Å²) in [4.78, 5) is 25.5. The van der Waals surface area contributed by atoms with Crippen LogP contribution in [0.25, 0.3) is 0 Å². The fraction of sp³-hybridized carbons (Fsp3) is 0.400. The number of ether oxygens (including phenoxy) is 3. The van der Waals surface area contributed by atoms with Crippen molar-refractivity contribution in [3.8, 4) is 0 Å². The summed E-state index contributed by atoms with van der Waals surface area (Å²) in [6, 6.07) is 7.05. The molecule has 1 aromatic carbocycles. The van der Waals surface area contributed by atoms with E-state index >= 15 is 0 Å². The highest BCUT2D eigenvalue weighted by atomic mass is 79.9. The molecule has 1 aromatic rings. The number of methoxy groups -OCH3 is 1. The van der Waals surface area contributed by atoms with Crippen LogP contribution in [0.2, 0.25) is 5.02 Å². The zero-order valence-corrected chi connectivity index (χ0v) is 19.1. The zero-order valence-electron chi connectivity index (χ0n) is 16.6. The third-order valence-electron chi connectivity index (χ3n) is 4.27. The van der Waals surface area contributed by atoms with Crippen LogP contribution in [0.5, 0.6) is 0 Å². The Labute approximate surface area is 186 Å². The van der Waals surface area contributed by atoms with Gasteiger partial charge in [-0.2, -0.15) is 0 Å². The van der Waals surface area contributed by atoms with Crippen molar-refractivity contribution in [2.24, 2.45) is 5.73 Å². The van der Waals surface area contributed by atoms with Gasteiger partial charge in [-0.1, -0.05) is 29.8 Å². The molecule has 0 saturated heterocycles. The van der Waals surface area contributed by atoms with E-state index in [9.17, 15) is 9.59 Å². The van der Waals surface area contributed by atoms with Gasteiger partial charge in [-0.15, -0.1) is 17.0 Å². The van der Waals surface area contributed by atoms with E-state index in [-0.39, 0.29) is 35.8 Å². The first-order valence-electron chi connectivity index (χ1n) is 8.94. The van der Waals surface area contributed by atoms with Gasteiger partial charge < -0.3 is 25.3 Å². The average Bonchev–Trinajstić information content (AvgIpc) is 2.67. The average molecular weight is 490 g/mol. The van der Waals surface area contributed by atoms with E-state index < -0.39 is 17.9 Å². The van der Waals surface area contributed by atoms with E-state index in [0.29, 0.717) is 40.7 Å². The molecule has 7 nitrogen and oxygen atoms in total. The summed E-state index contributed by atoms with van der Waals surface area (Å²) in [5.41, 5.74) is 7.70. The van der Waals surface area contributed by atoms with Crippen molar-refractivity contribution in [3.05, 3.63) is 57.4 Å². The molecule has 0 spiro atoms. The largest absolute Gasteiger partial charge is 0.466 e. The minimum atomic E-state index is -0.752. The van der Waals surface area contributed by atoms with Gasteiger partial charge in [0, 0.05) is 17.3 Å². The number of halogens is 2. The van der Waals surface area contributed by atoms with Crippen molar-refractivity contribution in [1.29, 1.82) is 0 Å². The lowest BCUT2D eigenvalue weighted by Crippen LogP contribution is -2.35. The number of esters is 2. The monoisotopic (exact) mass is 488 g/mol. The fourth-order valence-electron chi connectivity index (χ4n) is 3.12. The molecule has 1 aliphatic heterocycles. The number of carbonyl (C=O) groups is 2. The summed E-state index contributed by atoms with van der Waals surface area (Å²) in [6.07, 6.45) is 0. The number of carbonyl (C=O) groups excluding carboxylic acids is 2. The Morgan fingerprint density at radius 1 is 1.21 bits per heavy atom. The van der Waals surface area contributed by atoms with Crippen molar-refractivity contribution in [3.63, 3.8) is 0 Å². The minimum Gasteiger partial charge on any atom is -0.466 e. The summed E-state index contributed by atoms with van der Waals surface area (Å²) >= 11 is 6.42. The number of allylic oxidation sites excluding steroid dienone is 1. The first-order valence-corrected chi connectivity index (χ1v) is 9.32. The van der Waals surface area contributed by atoms with E-state index in [1.54, 1.807) is 38.1 Å². The van der Waals surface area contributed by atoms with Crippen LogP contribution in [0.15, 0.2) is 46.8 Å². The molecule has 1 atom stereocenters. The minimum absolute atomic E-state index is 0. The van der Waals surface area contributed by atoms with E-state index in [0.717, 1.165) is 0 Å². The molecule has 1 aliphatic rings. The van der Waals surface area contributed by atoms with Gasteiger partial charge in [0.05, 0.1) is 49.7 Å². The van der Waals surface area contributed by atoms with Crippen LogP contribution in [0.4, 0.5) is 0 Å². The second-order valence-corrected chi connectivity index (χ2v) is 6.47. The molecule has 29 heavy (non-hydrogen) atoms. The van der Waals surface area contributed by atoms with Crippen molar-refractivity contribution < 1.29 is 23.8 Å². The van der Waals surface area contributed by atoms with Crippen molar-refractivity contribution in [1.82, 2.24) is 5.32 Å². The van der Waals surface area contributed by atoms with E-state index in [2.05, 4.69) is 5.32 Å². The predicted molar refractivity (Wildman–Crippen MR) is 116 cm³/mol. The zero-order chi connectivity index (χ0) is 20.7. The Morgan fingerprint density at radius 2 is 1.90 bits per heavy atom. The van der Waals surface area contributed by atoms with E-state index in [1.165, 1.54) is 7.11 Å². The van der Waals surface area contributed by atoms with Gasteiger partial charge in [0.1, 0.15) is 0 Å². The normalized spacial score (nSPS) is 16.1. The number of nitrogens with one attached hydrogen (secondary N) is 1. The van der Waals surface area contributed by atoms with Gasteiger partial charge >= 0.3 is 11.9 Å². The Hall–Kier alpha value is -1.87. The van der Waals surface area contributed by atoms with Gasteiger partial charge in [-0.25, -0.2) is 9.59 Å². The summed E-state index contributed by atoms with van der Waals surface area (Å²) < 4.78 is 15.8. The van der Waals surface area contributed by atoms with Crippen molar-refractivity contribution in [2.45, 2.75) is 19.8 Å². The van der Waals surface area contributed by atoms with Crippen LogP contribution < -0.4 is 11.1 Å². The van der Waals surface area contributed by atoms with Crippen LogP contribution in [0.1, 0.15) is 25.3 Å². The Morgan fingerprint density at radius 3 is 2.48 bits per heavy atom. The Bertz CT molecular complexity index is 810. The summed E-state index contributed by atoms with van der Waals surface area (Å²) in [5, 5.41) is 3.52. The van der Waals surface area contributed by atoms with Crippen LogP contribution in [0.3, 0.4) is 0 Å². The topological polar surface area (TPSA) is 99.9 Å². The first-order chi connectivity index (χ1) is 13.5. The SMILES string of the molecule is Br.CCOC(=O)C1=C(COCCN)NC(C)=C(C(=O)OC)C1c1ccccc1Cl. The summed E-state index contributed by atoms with van der Waals surface area (Å²) in [7, 11) is 1.29. The highest BCUT2D eigenvalue weighted by molar-refractivity contribution is 8.93. The second kappa shape index (κ2) is 12.0. The molecule has 0 aliphatic carbocycles. The molecule has 1 heterocycles. The summed E-state index contributed by atoms with van der Waals surface area (Å²) in [6.45, 7) is 4.42. The van der Waals surface area contributed by atoms with Gasteiger partial charge in [0.2, 0.25) is 0 Å². The molecule has 3 N–H and O–H groups in total. The molecule has 0 radical (unpaired) electrons. The Kier molecular flexibility index (Phi) is 10.4. The van der Waals surface area contributed by atoms with Gasteiger partial charge in [-0.05, 0) is 25.5 Å². The molecule has 1 unspecified atom stereocenters. The molecule has 0 bridgehead atoms. The van der Waals surface area contributed by atoms with E-state index in [1.807, 2.05) is 0 Å². The number of nitrogens with two attached hydrogens (primary N) is 1. The molecule has 9 heteroatoms. The Balaban J connectivity index is 0.00000420. The van der Waals surface area contributed by atoms with Crippen LogP contribution in [-0.2, 0) is 23.8 Å². The second-order valence-electron chi connectivity index (χ2n) is 6.06. The number of rotatable bonds is 8. The molecular formula is C20H26BrClN2O5. The number of hydrogen-bond donors (Lipinski definition) is 2. The molecule has 2 rings (SSSR count). The molecule has 0 aromatic heterocycles. The third-order valence-corrected chi connectivity index (χ3v) is 4.61. The van der Waals surface area contributed by atoms with Crippen LogP contribution in [0, 0.1) is 0 Å². The lowest BCUT2D eigenvalue weighted by molar-refractivity contribution is -0.139. The van der Waals surface area contributed by atoms with Gasteiger partial charge in [0.25, 0.3) is 0 Å². The number of dihydropyridines is 1. The number of hydrogen-bond acceptors (Lipinski definition) is 7. The summed E-state index contributed by atoms with van der Waals surface area (Å²) in [5.74, 6) is -1.86. The highest BCUT2D eigenvalue weighted by Crippen LogP contribution is 2.41. The maximum Gasteiger partial charge on any atom is 0.336 e. The smallest absolute Gasteiger partial charge is 0.336 e. The molecule has 0 saturated carbocycles. The van der Waals surface area contributed by atoms with Crippen molar-refractivity contribution >= 4 is 40.5 Å². The quantitative estimate of drug-likeness (QED) is 0.428. The van der Waals surface area contributed by atoms with Crippen LogP contribution >= 0.6 is 28.6 Å². The molecular weight excluding hydrogens is 464 g/mol. The predicted octanol–water partition coefficient (Wildman–Crippen LogP) is 2.84. The van der Waals surface area contributed by atoms with Crippen LogP contribution in [-0.4, -0.2) is 45.4 Å². The van der Waals surface area contributed by atoms with Gasteiger partial charge in [0.15, 0.2) is 0 Å². The number of benzene rings is 1.